The van der Waals surface area contributed by atoms with Gasteiger partial charge in [-0.3, -0.25) is 9.69 Å². The van der Waals surface area contributed by atoms with Crippen molar-refractivity contribution in [2.24, 2.45) is 5.92 Å². The molecule has 1 aliphatic heterocycles. The summed E-state index contributed by atoms with van der Waals surface area (Å²) in [5, 5.41) is 2.89. The van der Waals surface area contributed by atoms with Crippen molar-refractivity contribution in [3.63, 3.8) is 0 Å². The van der Waals surface area contributed by atoms with Crippen LogP contribution in [0.1, 0.15) is 32.1 Å². The number of ether oxygens (including phenoxy) is 1. The van der Waals surface area contributed by atoms with Crippen LogP contribution in [0.5, 0.6) is 0 Å². The van der Waals surface area contributed by atoms with E-state index in [-0.39, 0.29) is 23.7 Å². The minimum atomic E-state index is -0.464. The molecule has 0 spiro atoms. The average Bonchev–Trinajstić information content (AvgIpc) is 2.95. The van der Waals surface area contributed by atoms with Crippen LogP contribution in [0.15, 0.2) is 24.3 Å². The Morgan fingerprint density at radius 1 is 1.22 bits per heavy atom. The van der Waals surface area contributed by atoms with E-state index in [4.69, 9.17) is 4.74 Å². The van der Waals surface area contributed by atoms with Gasteiger partial charge in [0.1, 0.15) is 11.9 Å². The van der Waals surface area contributed by atoms with Crippen molar-refractivity contribution >= 4 is 17.7 Å². The number of halogens is 1. The summed E-state index contributed by atoms with van der Waals surface area (Å²) < 4.78 is 18.2. The first-order valence-corrected chi connectivity index (χ1v) is 8.15. The van der Waals surface area contributed by atoms with E-state index in [1.54, 1.807) is 12.1 Å². The second-order valence-corrected chi connectivity index (χ2v) is 6.17. The van der Waals surface area contributed by atoms with Gasteiger partial charge in [-0.15, -0.1) is 0 Å². The van der Waals surface area contributed by atoms with Gasteiger partial charge >= 0.3 is 6.09 Å². The first-order valence-electron chi connectivity index (χ1n) is 8.15. The Labute approximate surface area is 134 Å². The summed E-state index contributed by atoms with van der Waals surface area (Å²) in [5.41, 5.74) is 0.595. The second-order valence-electron chi connectivity index (χ2n) is 6.17. The minimum absolute atomic E-state index is 0.0565. The monoisotopic (exact) mass is 320 g/mol. The number of amides is 2. The Morgan fingerprint density at radius 3 is 2.61 bits per heavy atom. The lowest BCUT2D eigenvalue weighted by Crippen LogP contribution is -2.38. The normalized spacial score (nSPS) is 22.0. The Balaban J connectivity index is 1.51. The van der Waals surface area contributed by atoms with Gasteiger partial charge in [0.25, 0.3) is 0 Å². The summed E-state index contributed by atoms with van der Waals surface area (Å²) in [6.45, 7) is 0.675. The van der Waals surface area contributed by atoms with Gasteiger partial charge in [-0.05, 0) is 37.1 Å². The smallest absolute Gasteiger partial charge is 0.414 e. The van der Waals surface area contributed by atoms with Crippen LogP contribution in [0, 0.1) is 11.7 Å². The van der Waals surface area contributed by atoms with Crippen LogP contribution in [0.25, 0.3) is 0 Å². The SMILES string of the molecule is O=C(NCC1CN(c2ccc(F)cc2)C(=O)O1)C1CCCCC1. The summed E-state index contributed by atoms with van der Waals surface area (Å²) in [6.07, 6.45) is 4.46. The van der Waals surface area contributed by atoms with Gasteiger partial charge in [0.05, 0.1) is 13.1 Å². The Kier molecular flexibility index (Phi) is 4.79. The maximum absolute atomic E-state index is 13.0. The molecule has 2 amide bonds. The molecule has 1 aliphatic carbocycles. The summed E-state index contributed by atoms with van der Waals surface area (Å²) in [4.78, 5) is 25.5. The highest BCUT2D eigenvalue weighted by molar-refractivity contribution is 5.89. The lowest BCUT2D eigenvalue weighted by atomic mass is 9.88. The number of nitrogens with one attached hydrogen (secondary N) is 1. The molecule has 2 aliphatic rings. The molecule has 1 saturated heterocycles. The van der Waals surface area contributed by atoms with Crippen LogP contribution in [0.3, 0.4) is 0 Å². The van der Waals surface area contributed by atoms with Crippen LogP contribution in [0.2, 0.25) is 0 Å². The van der Waals surface area contributed by atoms with Crippen molar-refractivity contribution in [3.05, 3.63) is 30.1 Å². The maximum Gasteiger partial charge on any atom is 0.414 e. The fourth-order valence-electron chi connectivity index (χ4n) is 3.18. The summed E-state index contributed by atoms with van der Waals surface area (Å²) in [5.74, 6) is -0.201. The summed E-state index contributed by atoms with van der Waals surface area (Å²) >= 11 is 0. The van der Waals surface area contributed by atoms with Crippen molar-refractivity contribution in [3.8, 4) is 0 Å². The molecule has 1 aromatic carbocycles. The zero-order valence-corrected chi connectivity index (χ0v) is 13.0. The third-order valence-corrected chi connectivity index (χ3v) is 4.49. The van der Waals surface area contributed by atoms with Gasteiger partial charge in [-0.1, -0.05) is 19.3 Å². The molecule has 0 aromatic heterocycles. The number of anilines is 1. The third-order valence-electron chi connectivity index (χ3n) is 4.49. The second kappa shape index (κ2) is 6.98. The summed E-state index contributed by atoms with van der Waals surface area (Å²) in [7, 11) is 0. The highest BCUT2D eigenvalue weighted by Crippen LogP contribution is 2.24. The van der Waals surface area contributed by atoms with Crippen molar-refractivity contribution in [2.45, 2.75) is 38.2 Å². The van der Waals surface area contributed by atoms with E-state index in [9.17, 15) is 14.0 Å². The molecule has 5 nitrogen and oxygen atoms in total. The van der Waals surface area contributed by atoms with E-state index in [1.165, 1.54) is 23.5 Å². The van der Waals surface area contributed by atoms with Crippen LogP contribution in [0.4, 0.5) is 14.9 Å². The fourth-order valence-corrected chi connectivity index (χ4v) is 3.18. The number of cyclic esters (lactones) is 1. The standard InChI is InChI=1S/C17H21FN2O3/c18-13-6-8-14(9-7-13)20-11-15(23-17(20)22)10-19-16(21)12-4-2-1-3-5-12/h6-9,12,15H,1-5,10-11H2,(H,19,21). The quantitative estimate of drug-likeness (QED) is 0.928. The van der Waals surface area contributed by atoms with E-state index >= 15 is 0 Å². The number of benzene rings is 1. The van der Waals surface area contributed by atoms with E-state index in [1.807, 2.05) is 0 Å². The highest BCUT2D eigenvalue weighted by atomic mass is 19.1. The molecule has 2 fully saturated rings. The molecule has 1 unspecified atom stereocenters. The number of hydrogen-bond donors (Lipinski definition) is 1. The predicted octanol–water partition coefficient (Wildman–Crippen LogP) is 2.85. The molecular weight excluding hydrogens is 299 g/mol. The number of hydrogen-bond acceptors (Lipinski definition) is 3. The predicted molar refractivity (Wildman–Crippen MR) is 83.6 cm³/mol. The van der Waals surface area contributed by atoms with E-state index in [0.717, 1.165) is 25.7 Å². The van der Waals surface area contributed by atoms with Gasteiger partial charge in [0.2, 0.25) is 5.91 Å². The van der Waals surface area contributed by atoms with Crippen molar-refractivity contribution in [1.29, 1.82) is 0 Å². The van der Waals surface area contributed by atoms with Crippen LogP contribution >= 0.6 is 0 Å². The van der Waals surface area contributed by atoms with E-state index in [2.05, 4.69) is 5.32 Å². The molecule has 3 rings (SSSR count). The maximum atomic E-state index is 13.0. The minimum Gasteiger partial charge on any atom is -0.442 e. The molecule has 1 N–H and O–H groups in total. The van der Waals surface area contributed by atoms with Gasteiger partial charge in [0.15, 0.2) is 0 Å². The molecule has 0 radical (unpaired) electrons. The molecule has 0 bridgehead atoms. The summed E-state index contributed by atoms with van der Waals surface area (Å²) in [6, 6.07) is 5.70. The van der Waals surface area contributed by atoms with Crippen LogP contribution in [-0.4, -0.2) is 31.2 Å². The third kappa shape index (κ3) is 3.81. The number of carbonyl (C=O) groups is 2. The molecule has 6 heteroatoms. The molecule has 124 valence electrons. The topological polar surface area (TPSA) is 58.6 Å². The number of rotatable bonds is 4. The molecule has 1 atom stereocenters. The van der Waals surface area contributed by atoms with E-state index < -0.39 is 6.09 Å². The Bertz CT molecular complexity index is 570. The first kappa shape index (κ1) is 15.8. The zero-order chi connectivity index (χ0) is 16.2. The first-order chi connectivity index (χ1) is 11.1. The Morgan fingerprint density at radius 2 is 1.91 bits per heavy atom. The number of nitrogens with zero attached hydrogens (tertiary/aromatic N) is 1. The van der Waals surface area contributed by atoms with Crippen molar-refractivity contribution in [1.82, 2.24) is 5.32 Å². The van der Waals surface area contributed by atoms with Gasteiger partial charge in [0, 0.05) is 11.6 Å². The van der Waals surface area contributed by atoms with Crippen LogP contribution < -0.4 is 10.2 Å². The molecular formula is C17H21FN2O3. The molecule has 1 saturated carbocycles. The molecule has 1 heterocycles. The van der Waals surface area contributed by atoms with Gasteiger partial charge in [-0.25, -0.2) is 9.18 Å². The fraction of sp³-hybridized carbons (Fsp3) is 0.529. The highest BCUT2D eigenvalue weighted by Gasteiger charge is 2.33. The van der Waals surface area contributed by atoms with E-state index in [0.29, 0.717) is 18.8 Å². The Hall–Kier alpha value is -2.11. The van der Waals surface area contributed by atoms with Crippen molar-refractivity contribution < 1.29 is 18.7 Å². The zero-order valence-electron chi connectivity index (χ0n) is 13.0. The lowest BCUT2D eigenvalue weighted by Gasteiger charge is -2.21. The van der Waals surface area contributed by atoms with Crippen LogP contribution in [-0.2, 0) is 9.53 Å². The largest absolute Gasteiger partial charge is 0.442 e. The van der Waals surface area contributed by atoms with Gasteiger partial charge < -0.3 is 10.1 Å². The van der Waals surface area contributed by atoms with Gasteiger partial charge in [-0.2, -0.15) is 0 Å². The van der Waals surface area contributed by atoms with Crippen molar-refractivity contribution in [2.75, 3.05) is 18.0 Å². The average molecular weight is 320 g/mol. The molecule has 1 aromatic rings. The number of carbonyl (C=O) groups excluding carboxylic acids is 2. The molecule has 23 heavy (non-hydrogen) atoms. The lowest BCUT2D eigenvalue weighted by molar-refractivity contribution is -0.126.